The highest BCUT2D eigenvalue weighted by molar-refractivity contribution is 6.80. The third-order valence-corrected chi connectivity index (χ3v) is 10.6. The summed E-state index contributed by atoms with van der Waals surface area (Å²) in [5.41, 5.74) is 0. The van der Waals surface area contributed by atoms with Crippen LogP contribution < -0.4 is 0 Å². The van der Waals surface area contributed by atoms with Gasteiger partial charge < -0.3 is 14.8 Å². The Morgan fingerprint density at radius 1 is 1.09 bits per heavy atom. The number of aliphatic hydroxyl groups is 2. The third kappa shape index (κ3) is 2.81. The molecule has 0 spiro atoms. The molecule has 1 saturated heterocycles. The second-order valence-electron chi connectivity index (χ2n) is 7.63. The zero-order valence-corrected chi connectivity index (χ0v) is 15.0. The Kier molecular flexibility index (Phi) is 4.46. The average molecular weight is 319 g/mol. The maximum atomic E-state index is 12.6. The van der Waals surface area contributed by atoms with Gasteiger partial charge in [0.25, 0.3) is 0 Å². The predicted molar refractivity (Wildman–Crippen MR) is 88.1 cm³/mol. The normalized spacial score (nSPS) is 32.0. The van der Waals surface area contributed by atoms with Crippen LogP contribution in [0.4, 0.5) is 0 Å². The summed E-state index contributed by atoms with van der Waals surface area (Å²) in [5, 5.41) is 19.4. The summed E-state index contributed by atoms with van der Waals surface area (Å²) in [5.74, 6) is 11.1. The zero-order chi connectivity index (χ0) is 16.7. The third-order valence-electron chi connectivity index (χ3n) is 5.22. The molecule has 4 unspecified atom stereocenters. The van der Waals surface area contributed by atoms with E-state index in [1.54, 1.807) is 0 Å². The van der Waals surface area contributed by atoms with Crippen LogP contribution in [0.1, 0.15) is 33.6 Å². The van der Waals surface area contributed by atoms with Gasteiger partial charge in [-0.2, -0.15) is 0 Å². The van der Waals surface area contributed by atoms with Crippen molar-refractivity contribution in [3.8, 4) is 23.7 Å². The van der Waals surface area contributed by atoms with Crippen molar-refractivity contribution in [2.24, 2.45) is 5.92 Å². The molecule has 0 aromatic heterocycles. The minimum atomic E-state index is -1.94. The van der Waals surface area contributed by atoms with Gasteiger partial charge in [0.1, 0.15) is 0 Å². The van der Waals surface area contributed by atoms with Crippen molar-refractivity contribution < 1.29 is 15.0 Å². The molecule has 0 radical (unpaired) electrons. The van der Waals surface area contributed by atoms with E-state index in [1.165, 1.54) is 0 Å². The van der Waals surface area contributed by atoms with E-state index in [1.807, 2.05) is 0 Å². The van der Waals surface area contributed by atoms with E-state index >= 15 is 0 Å². The molecule has 0 aromatic rings. The summed E-state index contributed by atoms with van der Waals surface area (Å²) in [6.07, 6.45) is -1.33. The second-order valence-corrected chi connectivity index (χ2v) is 12.7. The number of rotatable bonds is 1. The quantitative estimate of drug-likeness (QED) is 0.436. The Morgan fingerprint density at radius 3 is 2.09 bits per heavy atom. The molecule has 1 aliphatic carbocycles. The van der Waals surface area contributed by atoms with E-state index in [4.69, 9.17) is 0 Å². The lowest BCUT2D eigenvalue weighted by Crippen LogP contribution is -2.72. The van der Waals surface area contributed by atoms with E-state index in [-0.39, 0.29) is 22.9 Å². The standard InChI is InChI=1S/C17H25NO3Si/c1-17(2,3)22(4,5)18-13-9-7-11-15(20)14(19)10-6-8-12(13)16(18)21/h12-15,19-20H,8-9H2,1-5H3. The molecule has 1 fully saturated rings. The Bertz CT molecular complexity index is 585. The van der Waals surface area contributed by atoms with Gasteiger partial charge in [0.15, 0.2) is 20.4 Å². The van der Waals surface area contributed by atoms with Crippen LogP contribution in [0.15, 0.2) is 0 Å². The summed E-state index contributed by atoms with van der Waals surface area (Å²) >= 11 is 0. The minimum Gasteiger partial charge on any atom is -0.377 e. The molecule has 5 heteroatoms. The van der Waals surface area contributed by atoms with E-state index in [2.05, 4.69) is 62.1 Å². The molecule has 1 amide bonds. The summed E-state index contributed by atoms with van der Waals surface area (Å²) in [6.45, 7) is 11.0. The fourth-order valence-corrected chi connectivity index (χ4v) is 5.35. The summed E-state index contributed by atoms with van der Waals surface area (Å²) < 4.78 is 2.07. The lowest BCUT2D eigenvalue weighted by Gasteiger charge is -2.58. The highest BCUT2D eigenvalue weighted by Gasteiger charge is 2.56. The topological polar surface area (TPSA) is 60.8 Å². The highest BCUT2D eigenvalue weighted by Crippen LogP contribution is 2.46. The number of β-lactam (4-membered cyclic amide) rings is 1. The van der Waals surface area contributed by atoms with Gasteiger partial charge in [0.05, 0.1) is 5.92 Å². The fraction of sp³-hybridized carbons (Fsp3) is 0.706. The molecule has 2 rings (SSSR count). The molecular weight excluding hydrogens is 294 g/mol. The molecule has 0 aromatic carbocycles. The number of aliphatic hydroxyl groups excluding tert-OH is 2. The first-order valence-corrected chi connectivity index (χ1v) is 10.7. The first-order chi connectivity index (χ1) is 10.1. The van der Waals surface area contributed by atoms with Crippen molar-refractivity contribution >= 4 is 14.1 Å². The smallest absolute Gasteiger partial charge is 0.221 e. The number of fused-ring (bicyclic) bond motifs is 1. The van der Waals surface area contributed by atoms with Crippen molar-refractivity contribution in [2.75, 3.05) is 0 Å². The molecule has 1 heterocycles. The largest absolute Gasteiger partial charge is 0.377 e. The molecule has 4 atom stereocenters. The zero-order valence-electron chi connectivity index (χ0n) is 14.0. The van der Waals surface area contributed by atoms with Crippen molar-refractivity contribution in [3.05, 3.63) is 0 Å². The van der Waals surface area contributed by atoms with Gasteiger partial charge in [-0.05, 0) is 5.04 Å². The highest BCUT2D eigenvalue weighted by atomic mass is 28.3. The van der Waals surface area contributed by atoms with Crippen LogP contribution in [0, 0.1) is 29.6 Å². The number of carbonyl (C=O) groups is 1. The van der Waals surface area contributed by atoms with Gasteiger partial charge >= 0.3 is 0 Å². The molecule has 22 heavy (non-hydrogen) atoms. The van der Waals surface area contributed by atoms with Crippen molar-refractivity contribution in [1.29, 1.82) is 0 Å². The fourth-order valence-electron chi connectivity index (χ4n) is 2.81. The van der Waals surface area contributed by atoms with E-state index in [0.717, 1.165) is 0 Å². The number of amides is 1. The van der Waals surface area contributed by atoms with Crippen LogP contribution in [0.5, 0.6) is 0 Å². The van der Waals surface area contributed by atoms with Crippen LogP contribution in [0.25, 0.3) is 0 Å². The van der Waals surface area contributed by atoms with E-state index < -0.39 is 20.4 Å². The molecule has 2 aliphatic rings. The SMILES string of the molecule is CC(C)(C)[Si](C)(C)N1C(=O)C2CC#CC(O)C(O)C#CCC21. The van der Waals surface area contributed by atoms with Crippen LogP contribution in [-0.4, -0.2) is 47.2 Å². The number of hydrogen-bond donors (Lipinski definition) is 2. The van der Waals surface area contributed by atoms with E-state index in [0.29, 0.717) is 12.8 Å². The molecule has 4 nitrogen and oxygen atoms in total. The summed E-state index contributed by atoms with van der Waals surface area (Å²) in [6, 6.07) is 0.0811. The van der Waals surface area contributed by atoms with Crippen LogP contribution in [0.3, 0.4) is 0 Å². The monoisotopic (exact) mass is 319 g/mol. The lowest BCUT2D eigenvalue weighted by molar-refractivity contribution is -0.147. The Balaban J connectivity index is 2.28. The van der Waals surface area contributed by atoms with E-state index in [9.17, 15) is 15.0 Å². The molecule has 0 bridgehead atoms. The average Bonchev–Trinajstić information content (AvgIpc) is 2.39. The summed E-state index contributed by atoms with van der Waals surface area (Å²) in [4.78, 5) is 12.6. The lowest BCUT2D eigenvalue weighted by atomic mass is 9.85. The second kappa shape index (κ2) is 5.74. The minimum absolute atomic E-state index is 0.0811. The van der Waals surface area contributed by atoms with Crippen molar-refractivity contribution in [2.45, 2.75) is 70.0 Å². The molecular formula is C17H25NO3Si. The van der Waals surface area contributed by atoms with Gasteiger partial charge in [-0.15, -0.1) is 0 Å². The van der Waals surface area contributed by atoms with Gasteiger partial charge in [-0.1, -0.05) is 57.5 Å². The number of hydrogen-bond acceptors (Lipinski definition) is 3. The van der Waals surface area contributed by atoms with Gasteiger partial charge in [-0.25, -0.2) is 0 Å². The van der Waals surface area contributed by atoms with Crippen LogP contribution in [0.2, 0.25) is 18.1 Å². The Morgan fingerprint density at radius 2 is 1.59 bits per heavy atom. The molecule has 120 valence electrons. The first kappa shape index (κ1) is 17.1. The van der Waals surface area contributed by atoms with Crippen LogP contribution in [-0.2, 0) is 4.79 Å². The predicted octanol–water partition coefficient (Wildman–Crippen LogP) is 1.34. The Labute approximate surface area is 134 Å². The number of carbonyl (C=O) groups excluding carboxylic acids is 1. The van der Waals surface area contributed by atoms with Crippen molar-refractivity contribution in [3.63, 3.8) is 0 Å². The maximum Gasteiger partial charge on any atom is 0.221 e. The summed E-state index contributed by atoms with van der Waals surface area (Å²) in [7, 11) is -1.94. The van der Waals surface area contributed by atoms with Crippen molar-refractivity contribution in [1.82, 2.24) is 4.57 Å². The van der Waals surface area contributed by atoms with Gasteiger partial charge in [0.2, 0.25) is 5.91 Å². The molecule has 0 saturated carbocycles. The maximum absolute atomic E-state index is 12.6. The van der Waals surface area contributed by atoms with Gasteiger partial charge in [-0.3, -0.25) is 4.79 Å². The Hall–Kier alpha value is -1.27. The van der Waals surface area contributed by atoms with Crippen LogP contribution >= 0.6 is 0 Å². The number of nitrogens with zero attached hydrogens (tertiary/aromatic N) is 1. The molecule has 1 aliphatic heterocycles. The molecule has 2 N–H and O–H groups in total. The van der Waals surface area contributed by atoms with Gasteiger partial charge in [0, 0.05) is 18.9 Å². The first-order valence-electron chi connectivity index (χ1n) is 7.73.